The lowest BCUT2D eigenvalue weighted by molar-refractivity contribution is 0.572. The van der Waals surface area contributed by atoms with Gasteiger partial charge >= 0.3 is 0 Å². The fraction of sp³-hybridized carbons (Fsp3) is 0.294. The minimum Gasteiger partial charge on any atom is -0.207 e. The molecule has 1 atom stereocenters. The highest BCUT2D eigenvalue weighted by molar-refractivity contribution is 5.35. The molecule has 0 saturated carbocycles. The number of fused-ring (bicyclic) bond motifs is 1. The zero-order valence-corrected chi connectivity index (χ0v) is 10.6. The Morgan fingerprint density at radius 1 is 1.00 bits per heavy atom. The van der Waals surface area contributed by atoms with E-state index >= 15 is 0 Å². The van der Waals surface area contributed by atoms with Crippen molar-refractivity contribution in [2.24, 2.45) is 0 Å². The van der Waals surface area contributed by atoms with Crippen LogP contribution in [0.5, 0.6) is 0 Å². The molecule has 92 valence electrons. The SMILES string of the molecule is Cc1ccc(C2CCc3cc(F)ccc3C2)cc1. The lowest BCUT2D eigenvalue weighted by atomic mass is 9.80. The summed E-state index contributed by atoms with van der Waals surface area (Å²) in [5.41, 5.74) is 5.22. The molecule has 2 aromatic rings. The van der Waals surface area contributed by atoms with Crippen molar-refractivity contribution in [3.63, 3.8) is 0 Å². The molecule has 0 nitrogen and oxygen atoms in total. The van der Waals surface area contributed by atoms with Gasteiger partial charge in [-0.05, 0) is 60.9 Å². The standard InChI is InChI=1S/C17H17F/c1-12-2-4-13(5-3-12)14-6-7-16-11-17(18)9-8-15(16)10-14/h2-5,8-9,11,14H,6-7,10H2,1H3. The molecule has 0 aliphatic heterocycles. The Bertz CT molecular complexity index is 554. The van der Waals surface area contributed by atoms with E-state index < -0.39 is 0 Å². The monoisotopic (exact) mass is 240 g/mol. The molecule has 0 amide bonds. The maximum atomic E-state index is 13.2. The highest BCUT2D eigenvalue weighted by atomic mass is 19.1. The van der Waals surface area contributed by atoms with E-state index in [1.165, 1.54) is 22.3 Å². The third-order valence-corrected chi connectivity index (χ3v) is 3.95. The Kier molecular flexibility index (Phi) is 2.91. The molecular weight excluding hydrogens is 223 g/mol. The number of hydrogen-bond acceptors (Lipinski definition) is 0. The van der Waals surface area contributed by atoms with Crippen LogP contribution in [0.1, 0.15) is 34.6 Å². The maximum Gasteiger partial charge on any atom is 0.123 e. The first-order valence-electron chi connectivity index (χ1n) is 6.56. The molecule has 1 aliphatic carbocycles. The summed E-state index contributed by atoms with van der Waals surface area (Å²) in [7, 11) is 0. The first-order chi connectivity index (χ1) is 8.72. The average Bonchev–Trinajstić information content (AvgIpc) is 2.39. The summed E-state index contributed by atoms with van der Waals surface area (Å²) in [4.78, 5) is 0. The van der Waals surface area contributed by atoms with Crippen LogP contribution in [0.4, 0.5) is 4.39 Å². The number of rotatable bonds is 1. The average molecular weight is 240 g/mol. The van der Waals surface area contributed by atoms with E-state index in [1.807, 2.05) is 6.07 Å². The van der Waals surface area contributed by atoms with Gasteiger partial charge in [0.15, 0.2) is 0 Å². The summed E-state index contributed by atoms with van der Waals surface area (Å²) in [6.45, 7) is 2.11. The summed E-state index contributed by atoms with van der Waals surface area (Å²) in [5.74, 6) is 0.478. The Balaban J connectivity index is 1.86. The van der Waals surface area contributed by atoms with E-state index in [0.29, 0.717) is 5.92 Å². The van der Waals surface area contributed by atoms with Gasteiger partial charge in [-0.3, -0.25) is 0 Å². The first-order valence-corrected chi connectivity index (χ1v) is 6.56. The molecule has 3 rings (SSSR count). The summed E-state index contributed by atoms with van der Waals surface area (Å²) in [6, 6.07) is 14.0. The van der Waals surface area contributed by atoms with Crippen LogP contribution in [0, 0.1) is 12.7 Å². The van der Waals surface area contributed by atoms with Gasteiger partial charge in [-0.25, -0.2) is 4.39 Å². The van der Waals surface area contributed by atoms with Gasteiger partial charge in [0, 0.05) is 0 Å². The van der Waals surface area contributed by atoms with Crippen molar-refractivity contribution in [3.8, 4) is 0 Å². The lowest BCUT2D eigenvalue weighted by Crippen LogP contribution is -2.13. The van der Waals surface area contributed by atoms with Crippen molar-refractivity contribution < 1.29 is 4.39 Å². The minimum absolute atomic E-state index is 0.109. The van der Waals surface area contributed by atoms with Crippen LogP contribution in [-0.4, -0.2) is 0 Å². The zero-order chi connectivity index (χ0) is 12.5. The maximum absolute atomic E-state index is 13.2. The lowest BCUT2D eigenvalue weighted by Gasteiger charge is -2.25. The quantitative estimate of drug-likeness (QED) is 0.692. The Morgan fingerprint density at radius 3 is 2.56 bits per heavy atom. The van der Waals surface area contributed by atoms with Crippen LogP contribution in [0.2, 0.25) is 0 Å². The molecule has 0 bridgehead atoms. The van der Waals surface area contributed by atoms with Gasteiger partial charge in [0.1, 0.15) is 5.82 Å². The van der Waals surface area contributed by atoms with E-state index in [9.17, 15) is 4.39 Å². The van der Waals surface area contributed by atoms with Crippen molar-refractivity contribution in [1.29, 1.82) is 0 Å². The highest BCUT2D eigenvalue weighted by Gasteiger charge is 2.20. The molecule has 18 heavy (non-hydrogen) atoms. The molecular formula is C17H17F. The van der Waals surface area contributed by atoms with Crippen molar-refractivity contribution >= 4 is 0 Å². The molecule has 2 aromatic carbocycles. The minimum atomic E-state index is -0.109. The molecule has 0 heterocycles. The van der Waals surface area contributed by atoms with E-state index in [2.05, 4.69) is 31.2 Å². The molecule has 0 spiro atoms. The van der Waals surface area contributed by atoms with Gasteiger partial charge in [-0.1, -0.05) is 35.9 Å². The second-order valence-corrected chi connectivity index (χ2v) is 5.26. The Hall–Kier alpha value is -1.63. The predicted molar refractivity (Wildman–Crippen MR) is 72.3 cm³/mol. The smallest absolute Gasteiger partial charge is 0.123 e. The van der Waals surface area contributed by atoms with Crippen LogP contribution in [0.25, 0.3) is 0 Å². The van der Waals surface area contributed by atoms with Gasteiger partial charge < -0.3 is 0 Å². The van der Waals surface area contributed by atoms with E-state index in [0.717, 1.165) is 19.3 Å². The van der Waals surface area contributed by atoms with E-state index in [1.54, 1.807) is 12.1 Å². The normalized spacial score (nSPS) is 18.4. The first kappa shape index (κ1) is 11.5. The molecule has 0 fully saturated rings. The van der Waals surface area contributed by atoms with Crippen molar-refractivity contribution in [3.05, 3.63) is 70.5 Å². The van der Waals surface area contributed by atoms with Gasteiger partial charge in [-0.15, -0.1) is 0 Å². The summed E-state index contributed by atoms with van der Waals surface area (Å²) >= 11 is 0. The summed E-state index contributed by atoms with van der Waals surface area (Å²) < 4.78 is 13.2. The second-order valence-electron chi connectivity index (χ2n) is 5.26. The van der Waals surface area contributed by atoms with Gasteiger partial charge in [0.25, 0.3) is 0 Å². The van der Waals surface area contributed by atoms with Crippen molar-refractivity contribution in [2.75, 3.05) is 0 Å². The summed E-state index contributed by atoms with van der Waals surface area (Å²) in [6.07, 6.45) is 3.16. The van der Waals surface area contributed by atoms with E-state index in [4.69, 9.17) is 0 Å². The molecule has 0 saturated heterocycles. The summed E-state index contributed by atoms with van der Waals surface area (Å²) in [5, 5.41) is 0. The van der Waals surface area contributed by atoms with E-state index in [-0.39, 0.29) is 5.82 Å². The van der Waals surface area contributed by atoms with Crippen LogP contribution in [0.15, 0.2) is 42.5 Å². The third kappa shape index (κ3) is 2.17. The Labute approximate surface area is 107 Å². The predicted octanol–water partition coefficient (Wildman–Crippen LogP) is 4.41. The number of halogens is 1. The van der Waals surface area contributed by atoms with Crippen molar-refractivity contribution in [1.82, 2.24) is 0 Å². The molecule has 1 aliphatic rings. The Morgan fingerprint density at radius 2 is 1.78 bits per heavy atom. The topological polar surface area (TPSA) is 0 Å². The van der Waals surface area contributed by atoms with Crippen LogP contribution < -0.4 is 0 Å². The zero-order valence-electron chi connectivity index (χ0n) is 10.6. The van der Waals surface area contributed by atoms with Crippen LogP contribution in [0.3, 0.4) is 0 Å². The van der Waals surface area contributed by atoms with Gasteiger partial charge in [-0.2, -0.15) is 0 Å². The molecule has 1 heteroatoms. The highest BCUT2D eigenvalue weighted by Crippen LogP contribution is 2.32. The fourth-order valence-corrected chi connectivity index (χ4v) is 2.85. The molecule has 0 radical (unpaired) electrons. The largest absolute Gasteiger partial charge is 0.207 e. The van der Waals surface area contributed by atoms with Crippen LogP contribution >= 0.6 is 0 Å². The third-order valence-electron chi connectivity index (χ3n) is 3.95. The fourth-order valence-electron chi connectivity index (χ4n) is 2.85. The number of aryl methyl sites for hydroxylation is 2. The van der Waals surface area contributed by atoms with Crippen LogP contribution in [-0.2, 0) is 12.8 Å². The van der Waals surface area contributed by atoms with Gasteiger partial charge in [0.2, 0.25) is 0 Å². The number of benzene rings is 2. The molecule has 0 aromatic heterocycles. The molecule has 1 unspecified atom stereocenters. The van der Waals surface area contributed by atoms with Gasteiger partial charge in [0.05, 0.1) is 0 Å². The van der Waals surface area contributed by atoms with Crippen molar-refractivity contribution in [2.45, 2.75) is 32.1 Å². The number of hydrogen-bond donors (Lipinski definition) is 0. The second kappa shape index (κ2) is 4.56. The molecule has 0 N–H and O–H groups in total.